The Morgan fingerprint density at radius 2 is 1.67 bits per heavy atom. The molecule has 4 saturated carbocycles. The van der Waals surface area contributed by atoms with E-state index in [0.29, 0.717) is 6.42 Å². The zero-order chi connectivity index (χ0) is 16.7. The predicted molar refractivity (Wildman–Crippen MR) is 87.3 cm³/mol. The molecule has 0 aliphatic heterocycles. The lowest BCUT2D eigenvalue weighted by Crippen LogP contribution is -2.47. The largest absolute Gasteiger partial charge is 0.273 e. The Kier molecular flexibility index (Phi) is 3.89. The van der Waals surface area contributed by atoms with Crippen LogP contribution in [0.5, 0.6) is 0 Å². The number of carbonyl (C=O) groups excluding carboxylic acids is 1. The van der Waals surface area contributed by atoms with Gasteiger partial charge in [-0.25, -0.2) is 14.2 Å². The van der Waals surface area contributed by atoms with E-state index < -0.39 is 11.6 Å². The van der Waals surface area contributed by atoms with Crippen molar-refractivity contribution in [2.45, 2.75) is 44.9 Å². The van der Waals surface area contributed by atoms with Crippen LogP contribution in [-0.2, 0) is 4.79 Å². The molecule has 0 radical (unpaired) electrons. The van der Waals surface area contributed by atoms with Crippen LogP contribution in [0.4, 0.5) is 8.78 Å². The maximum Gasteiger partial charge on any atom is 0.240 e. The van der Waals surface area contributed by atoms with E-state index in [1.807, 2.05) is 0 Å². The molecule has 5 rings (SSSR count). The molecular formula is C19H22F2N2O. The molecule has 4 aliphatic rings. The SMILES string of the molecule is O=C(CC12CC3CC(CC(C3)C1)C2)N/N=C\c1c(F)cccc1F. The Balaban J connectivity index is 1.38. The molecule has 1 aromatic carbocycles. The fourth-order valence-electron chi connectivity index (χ4n) is 5.69. The van der Waals surface area contributed by atoms with Crippen LogP contribution in [0.25, 0.3) is 0 Å². The molecule has 3 nitrogen and oxygen atoms in total. The van der Waals surface area contributed by atoms with Crippen LogP contribution in [0, 0.1) is 34.8 Å². The van der Waals surface area contributed by atoms with Crippen LogP contribution in [0.2, 0.25) is 0 Å². The molecule has 1 aromatic rings. The summed E-state index contributed by atoms with van der Waals surface area (Å²) in [5.41, 5.74) is 2.37. The molecular weight excluding hydrogens is 310 g/mol. The Bertz CT molecular complexity index is 630. The third-order valence-electron chi connectivity index (χ3n) is 6.08. The van der Waals surface area contributed by atoms with Crippen LogP contribution in [0.15, 0.2) is 23.3 Å². The van der Waals surface area contributed by atoms with Crippen LogP contribution in [0.1, 0.15) is 50.5 Å². The summed E-state index contributed by atoms with van der Waals surface area (Å²) in [6.07, 6.45) is 8.99. The molecule has 0 heterocycles. The van der Waals surface area contributed by atoms with Crippen molar-refractivity contribution in [2.75, 3.05) is 0 Å². The van der Waals surface area contributed by atoms with Crippen molar-refractivity contribution >= 4 is 12.1 Å². The summed E-state index contributed by atoms with van der Waals surface area (Å²) >= 11 is 0. The molecule has 4 bridgehead atoms. The Morgan fingerprint density at radius 1 is 1.12 bits per heavy atom. The number of benzene rings is 1. The number of hydrogen-bond donors (Lipinski definition) is 1. The van der Waals surface area contributed by atoms with Gasteiger partial charge in [0.15, 0.2) is 0 Å². The smallest absolute Gasteiger partial charge is 0.240 e. The van der Waals surface area contributed by atoms with Gasteiger partial charge < -0.3 is 0 Å². The Hall–Kier alpha value is -1.78. The quantitative estimate of drug-likeness (QED) is 0.656. The molecule has 0 aromatic heterocycles. The monoisotopic (exact) mass is 332 g/mol. The molecule has 128 valence electrons. The summed E-state index contributed by atoms with van der Waals surface area (Å²) in [6.45, 7) is 0. The molecule has 0 unspecified atom stereocenters. The lowest BCUT2D eigenvalue weighted by atomic mass is 9.49. The van der Waals surface area contributed by atoms with E-state index in [2.05, 4.69) is 10.5 Å². The minimum absolute atomic E-state index is 0.137. The summed E-state index contributed by atoms with van der Waals surface area (Å²) in [5, 5.41) is 3.76. The third kappa shape index (κ3) is 2.96. The van der Waals surface area contributed by atoms with Crippen LogP contribution in [0.3, 0.4) is 0 Å². The standard InChI is InChI=1S/C19H22F2N2O/c20-16-2-1-3-17(21)15(16)11-22-23-18(24)10-19-7-12-4-13(8-19)6-14(5-12)9-19/h1-3,11-14H,4-10H2,(H,23,24)/b22-11-. The molecule has 4 fully saturated rings. The highest BCUT2D eigenvalue weighted by molar-refractivity contribution is 5.83. The second-order valence-electron chi connectivity index (χ2n) is 8.02. The fourth-order valence-corrected chi connectivity index (χ4v) is 5.69. The number of nitrogens with one attached hydrogen (secondary N) is 1. The summed E-state index contributed by atoms with van der Waals surface area (Å²) in [4.78, 5) is 12.3. The van der Waals surface area contributed by atoms with Gasteiger partial charge in [-0.2, -0.15) is 5.10 Å². The first-order valence-corrected chi connectivity index (χ1v) is 8.79. The van der Waals surface area contributed by atoms with E-state index in [1.165, 1.54) is 37.5 Å². The zero-order valence-corrected chi connectivity index (χ0v) is 13.6. The van der Waals surface area contributed by atoms with Crippen molar-refractivity contribution in [1.29, 1.82) is 0 Å². The number of hydrogen-bond acceptors (Lipinski definition) is 2. The lowest BCUT2D eigenvalue weighted by molar-refractivity contribution is -0.129. The second kappa shape index (κ2) is 5.94. The first-order chi connectivity index (χ1) is 11.5. The van der Waals surface area contributed by atoms with Crippen LogP contribution in [-0.4, -0.2) is 12.1 Å². The van der Waals surface area contributed by atoms with Gasteiger partial charge in [-0.05, 0) is 73.8 Å². The number of nitrogens with zero attached hydrogens (tertiary/aromatic N) is 1. The minimum atomic E-state index is -0.686. The minimum Gasteiger partial charge on any atom is -0.273 e. The highest BCUT2D eigenvalue weighted by Gasteiger charge is 2.51. The average molecular weight is 332 g/mol. The number of carbonyl (C=O) groups is 1. The lowest BCUT2D eigenvalue weighted by Gasteiger charge is -2.56. The molecule has 0 atom stereocenters. The Morgan fingerprint density at radius 3 is 2.21 bits per heavy atom. The van der Waals surface area contributed by atoms with E-state index in [4.69, 9.17) is 0 Å². The maximum atomic E-state index is 13.5. The Labute approximate surface area is 140 Å². The van der Waals surface area contributed by atoms with Gasteiger partial charge in [-0.3, -0.25) is 4.79 Å². The van der Waals surface area contributed by atoms with E-state index in [0.717, 1.165) is 43.2 Å². The van der Waals surface area contributed by atoms with E-state index in [-0.39, 0.29) is 16.9 Å². The van der Waals surface area contributed by atoms with Crippen molar-refractivity contribution in [1.82, 2.24) is 5.43 Å². The second-order valence-corrected chi connectivity index (χ2v) is 8.02. The van der Waals surface area contributed by atoms with Gasteiger partial charge in [0.05, 0.1) is 11.8 Å². The molecule has 4 aliphatic carbocycles. The number of rotatable bonds is 4. The highest BCUT2D eigenvalue weighted by Crippen LogP contribution is 2.61. The van der Waals surface area contributed by atoms with Gasteiger partial charge in [-0.1, -0.05) is 6.07 Å². The van der Waals surface area contributed by atoms with E-state index in [1.54, 1.807) is 0 Å². The normalized spacial score (nSPS) is 34.0. The van der Waals surface area contributed by atoms with E-state index in [9.17, 15) is 13.6 Å². The summed E-state index contributed by atoms with van der Waals surface area (Å²) in [6, 6.07) is 3.64. The highest BCUT2D eigenvalue weighted by atomic mass is 19.1. The topological polar surface area (TPSA) is 41.5 Å². The summed E-state index contributed by atoms with van der Waals surface area (Å²) in [5.74, 6) is 0.855. The van der Waals surface area contributed by atoms with Gasteiger partial charge >= 0.3 is 0 Å². The third-order valence-corrected chi connectivity index (χ3v) is 6.08. The number of halogens is 2. The molecule has 1 N–H and O–H groups in total. The van der Waals surface area contributed by atoms with Gasteiger partial charge in [-0.15, -0.1) is 0 Å². The summed E-state index contributed by atoms with van der Waals surface area (Å²) in [7, 11) is 0. The van der Waals surface area contributed by atoms with Gasteiger partial charge in [0.25, 0.3) is 0 Å². The molecule has 5 heteroatoms. The first-order valence-electron chi connectivity index (χ1n) is 8.79. The van der Waals surface area contributed by atoms with Gasteiger partial charge in [0, 0.05) is 6.42 Å². The average Bonchev–Trinajstić information content (AvgIpc) is 2.48. The van der Waals surface area contributed by atoms with E-state index >= 15 is 0 Å². The predicted octanol–water partition coefficient (Wildman–Crippen LogP) is 4.02. The molecule has 24 heavy (non-hydrogen) atoms. The zero-order valence-electron chi connectivity index (χ0n) is 13.6. The molecule has 0 spiro atoms. The maximum absolute atomic E-state index is 13.5. The van der Waals surface area contributed by atoms with Crippen molar-refractivity contribution in [3.8, 4) is 0 Å². The fraction of sp³-hybridized carbons (Fsp3) is 0.579. The van der Waals surface area contributed by atoms with Crippen molar-refractivity contribution in [2.24, 2.45) is 28.3 Å². The summed E-state index contributed by atoms with van der Waals surface area (Å²) < 4.78 is 27.0. The van der Waals surface area contributed by atoms with Crippen LogP contribution < -0.4 is 5.43 Å². The van der Waals surface area contributed by atoms with Crippen LogP contribution >= 0.6 is 0 Å². The van der Waals surface area contributed by atoms with Crippen molar-refractivity contribution < 1.29 is 13.6 Å². The van der Waals surface area contributed by atoms with Gasteiger partial charge in [0.2, 0.25) is 5.91 Å². The molecule has 0 saturated heterocycles. The van der Waals surface area contributed by atoms with Crippen molar-refractivity contribution in [3.05, 3.63) is 35.4 Å². The number of hydrazone groups is 1. The molecule has 1 amide bonds. The first kappa shape index (κ1) is 15.7. The van der Waals surface area contributed by atoms with Gasteiger partial charge in [0.1, 0.15) is 11.6 Å². The van der Waals surface area contributed by atoms with Crippen molar-refractivity contribution in [3.63, 3.8) is 0 Å². The number of amides is 1.